The first-order chi connectivity index (χ1) is 11.7. The number of anilines is 3. The maximum absolute atomic E-state index is 7.65. The third-order valence-electron chi connectivity index (χ3n) is 5.00. The lowest BCUT2D eigenvalue weighted by molar-refractivity contribution is 1.31. The normalized spacial score (nSPS) is 11.9. The molecule has 0 heterocycles. The van der Waals surface area contributed by atoms with E-state index in [0.29, 0.717) is 17.1 Å². The van der Waals surface area contributed by atoms with E-state index in [-0.39, 0.29) is 0 Å². The smallest absolute Gasteiger partial charge is 0.0831 e. The molecule has 0 aliphatic carbocycles. The minimum Gasteiger partial charge on any atom is -0.396 e. The number of nitrogens with two attached hydrogens (primary N) is 2. The molecule has 1 radical (unpaired) electrons. The fraction of sp³-hybridized carbons (Fsp3) is 0. The van der Waals surface area contributed by atoms with Crippen molar-refractivity contribution < 1.29 is 0 Å². The Balaban J connectivity index is 2.27. The van der Waals surface area contributed by atoms with Crippen molar-refractivity contribution in [2.24, 2.45) is 0 Å². The molecule has 0 saturated heterocycles. The van der Waals surface area contributed by atoms with Gasteiger partial charge in [-0.1, -0.05) is 54.6 Å². The molecule has 0 aliphatic heterocycles. The van der Waals surface area contributed by atoms with Crippen LogP contribution in [0.1, 0.15) is 0 Å². The first-order valence-electron chi connectivity index (χ1n) is 7.81. The van der Waals surface area contributed by atoms with Crippen molar-refractivity contribution in [2.45, 2.75) is 0 Å². The van der Waals surface area contributed by atoms with Crippen molar-refractivity contribution in [1.82, 2.24) is 5.84 Å². The van der Waals surface area contributed by atoms with E-state index >= 15 is 0 Å². The number of rotatable bonds is 1. The van der Waals surface area contributed by atoms with E-state index in [2.05, 4.69) is 41.8 Å². The number of benzene rings is 5. The van der Waals surface area contributed by atoms with Gasteiger partial charge in [0.1, 0.15) is 0 Å². The van der Waals surface area contributed by atoms with Crippen molar-refractivity contribution in [2.75, 3.05) is 16.9 Å². The van der Waals surface area contributed by atoms with E-state index in [1.807, 2.05) is 18.2 Å². The van der Waals surface area contributed by atoms with Gasteiger partial charge in [-0.3, -0.25) is 0 Å². The SMILES string of the molecule is [NH]Nc1c(N)c(N)c2c3cccc4cccc(c5cccc1c52)c43. The molecular weight excluding hydrogens is 296 g/mol. The third-order valence-corrected chi connectivity index (χ3v) is 5.00. The van der Waals surface area contributed by atoms with E-state index in [9.17, 15) is 0 Å². The Hall–Kier alpha value is -3.24. The standard InChI is InChI=1S/C20H15N4/c21-18-17-13-8-2-5-10-4-1-6-11(15(10)13)12-7-3-9-14(16(12)17)20(24-23)19(18)22/h1-9,23-24H,21-22H2. The number of nitrogens with one attached hydrogen (secondary N) is 2. The van der Waals surface area contributed by atoms with E-state index < -0.39 is 0 Å². The molecule has 0 aromatic heterocycles. The summed E-state index contributed by atoms with van der Waals surface area (Å²) in [5.41, 5.74) is 16.7. The highest BCUT2D eigenvalue weighted by molar-refractivity contribution is 6.37. The lowest BCUT2D eigenvalue weighted by Crippen LogP contribution is -2.04. The summed E-state index contributed by atoms with van der Waals surface area (Å²) in [6.07, 6.45) is 0. The van der Waals surface area contributed by atoms with Crippen molar-refractivity contribution in [3.63, 3.8) is 0 Å². The number of fused-ring (bicyclic) bond motifs is 2. The van der Waals surface area contributed by atoms with E-state index in [1.54, 1.807) is 0 Å². The Morgan fingerprint density at radius 1 is 0.625 bits per heavy atom. The maximum atomic E-state index is 7.65. The lowest BCUT2D eigenvalue weighted by atomic mass is 9.88. The molecule has 115 valence electrons. The third kappa shape index (κ3) is 1.41. The largest absolute Gasteiger partial charge is 0.396 e. The fourth-order valence-corrected chi connectivity index (χ4v) is 3.99. The predicted octanol–water partition coefficient (Wildman–Crippen LogP) is 4.51. The topological polar surface area (TPSA) is 87.9 Å². The molecular formula is C20H15N4. The predicted molar refractivity (Wildman–Crippen MR) is 103 cm³/mol. The molecule has 0 fully saturated rings. The van der Waals surface area contributed by atoms with Gasteiger partial charge in [-0.15, -0.1) is 0 Å². The Kier molecular flexibility index (Phi) is 2.42. The molecule has 0 unspecified atom stereocenters. The van der Waals surface area contributed by atoms with Crippen molar-refractivity contribution in [3.8, 4) is 0 Å². The number of hydrogen-bond acceptors (Lipinski definition) is 3. The molecule has 4 heteroatoms. The van der Waals surface area contributed by atoms with Crippen LogP contribution in [0.2, 0.25) is 0 Å². The zero-order valence-electron chi connectivity index (χ0n) is 12.9. The summed E-state index contributed by atoms with van der Waals surface area (Å²) in [4.78, 5) is 0. The first kappa shape index (κ1) is 13.2. The van der Waals surface area contributed by atoms with Gasteiger partial charge in [0.05, 0.1) is 17.1 Å². The van der Waals surface area contributed by atoms with Gasteiger partial charge in [-0.05, 0) is 26.9 Å². The molecule has 24 heavy (non-hydrogen) atoms. The molecule has 0 bridgehead atoms. The minimum absolute atomic E-state index is 0.432. The highest BCUT2D eigenvalue weighted by atomic mass is 15.2. The second kappa shape index (κ2) is 4.40. The van der Waals surface area contributed by atoms with Gasteiger partial charge in [0.2, 0.25) is 0 Å². The van der Waals surface area contributed by atoms with Crippen LogP contribution in [0, 0.1) is 0 Å². The van der Waals surface area contributed by atoms with Gasteiger partial charge in [0.25, 0.3) is 0 Å². The van der Waals surface area contributed by atoms with Crippen LogP contribution in [0.15, 0.2) is 54.6 Å². The first-order valence-corrected chi connectivity index (χ1v) is 7.81. The van der Waals surface area contributed by atoms with Crippen molar-refractivity contribution >= 4 is 60.2 Å². The second-order valence-corrected chi connectivity index (χ2v) is 6.14. The Morgan fingerprint density at radius 2 is 1.21 bits per heavy atom. The van der Waals surface area contributed by atoms with E-state index in [0.717, 1.165) is 26.9 Å². The number of nitrogen functional groups attached to an aromatic ring is 2. The van der Waals surface area contributed by atoms with Gasteiger partial charge in [0.15, 0.2) is 0 Å². The van der Waals surface area contributed by atoms with Crippen LogP contribution in [0.4, 0.5) is 17.1 Å². The summed E-state index contributed by atoms with van der Waals surface area (Å²) < 4.78 is 0. The molecule has 0 atom stereocenters. The monoisotopic (exact) mass is 311 g/mol. The van der Waals surface area contributed by atoms with Gasteiger partial charge < -0.3 is 16.9 Å². The minimum atomic E-state index is 0.432. The fourth-order valence-electron chi connectivity index (χ4n) is 3.99. The lowest BCUT2D eigenvalue weighted by Gasteiger charge is -2.19. The molecule has 0 saturated carbocycles. The zero-order valence-corrected chi connectivity index (χ0v) is 12.9. The van der Waals surface area contributed by atoms with E-state index in [1.165, 1.54) is 16.2 Å². The summed E-state index contributed by atoms with van der Waals surface area (Å²) in [6.45, 7) is 0. The molecule has 5 rings (SSSR count). The van der Waals surface area contributed by atoms with E-state index in [4.69, 9.17) is 17.3 Å². The van der Waals surface area contributed by atoms with Crippen LogP contribution in [0.5, 0.6) is 0 Å². The van der Waals surface area contributed by atoms with Gasteiger partial charge >= 0.3 is 0 Å². The maximum Gasteiger partial charge on any atom is 0.0831 e. The second-order valence-electron chi connectivity index (χ2n) is 6.14. The van der Waals surface area contributed by atoms with Crippen LogP contribution in [0.3, 0.4) is 0 Å². The van der Waals surface area contributed by atoms with Crippen molar-refractivity contribution in [3.05, 3.63) is 54.6 Å². The molecule has 4 nitrogen and oxygen atoms in total. The summed E-state index contributed by atoms with van der Waals surface area (Å²) in [5.74, 6) is 7.65. The highest BCUT2D eigenvalue weighted by Crippen LogP contribution is 2.47. The van der Waals surface area contributed by atoms with Crippen LogP contribution in [0.25, 0.3) is 43.1 Å². The van der Waals surface area contributed by atoms with Crippen LogP contribution < -0.4 is 22.7 Å². The molecule has 5 aromatic rings. The zero-order chi connectivity index (χ0) is 16.4. The molecule has 6 N–H and O–H groups in total. The average molecular weight is 311 g/mol. The Bertz CT molecular complexity index is 1250. The van der Waals surface area contributed by atoms with Gasteiger partial charge in [0, 0.05) is 16.2 Å². The van der Waals surface area contributed by atoms with Crippen molar-refractivity contribution in [1.29, 1.82) is 0 Å². The Morgan fingerprint density at radius 3 is 1.92 bits per heavy atom. The van der Waals surface area contributed by atoms with Crippen LogP contribution >= 0.6 is 0 Å². The highest BCUT2D eigenvalue weighted by Gasteiger charge is 2.19. The van der Waals surface area contributed by atoms with Gasteiger partial charge in [-0.2, -0.15) is 5.84 Å². The van der Waals surface area contributed by atoms with Gasteiger partial charge in [-0.25, -0.2) is 0 Å². The van der Waals surface area contributed by atoms with Crippen LogP contribution in [-0.2, 0) is 0 Å². The molecule has 0 spiro atoms. The summed E-state index contributed by atoms with van der Waals surface area (Å²) in [7, 11) is 0. The summed E-state index contributed by atoms with van der Waals surface area (Å²) >= 11 is 0. The average Bonchev–Trinajstić information content (AvgIpc) is 2.62. The van der Waals surface area contributed by atoms with Crippen LogP contribution in [-0.4, -0.2) is 0 Å². The number of hydrogen-bond donors (Lipinski definition) is 3. The molecule has 5 aromatic carbocycles. The summed E-state index contributed by atoms with van der Waals surface area (Å²) in [5, 5.41) is 8.79. The molecule has 0 amide bonds. The quantitative estimate of drug-likeness (QED) is 0.184. The summed E-state index contributed by atoms with van der Waals surface area (Å²) in [6, 6.07) is 18.7. The Labute approximate surface area is 138 Å². The molecule has 0 aliphatic rings.